The molecule has 0 atom stereocenters. The van der Waals surface area contributed by atoms with E-state index in [-0.39, 0.29) is 5.92 Å². The minimum absolute atomic E-state index is 0.208. The van der Waals surface area contributed by atoms with Crippen LogP contribution in [0.15, 0.2) is 42.0 Å². The third-order valence-electron chi connectivity index (χ3n) is 6.32. The highest BCUT2D eigenvalue weighted by Gasteiger charge is 2.33. The molecular weight excluding hydrogens is 394 g/mol. The van der Waals surface area contributed by atoms with Crippen LogP contribution in [0.3, 0.4) is 0 Å². The number of fused-ring (bicyclic) bond motifs is 1. The van der Waals surface area contributed by atoms with Crippen LogP contribution in [0, 0.1) is 5.92 Å². The van der Waals surface area contributed by atoms with Gasteiger partial charge >= 0.3 is 5.97 Å². The lowest BCUT2D eigenvalue weighted by atomic mass is 9.85. The standard InChI is InChI=1S/C25H29NO5/c1-16-18(12-26-13-20(14-26)25(27)28)5-4-17-10-22(8-9-23(16)17)31-15-19-6-7-21(29-2)11-24(19)30-3/h6-11,20H,4-5,12-15H2,1-3H3,(H,27,28). The Morgan fingerprint density at radius 1 is 1.06 bits per heavy atom. The molecule has 164 valence electrons. The number of carbonyl (C=O) groups is 1. The Bertz CT molecular complexity index is 1010. The normalized spacial score (nSPS) is 16.5. The molecule has 2 aromatic carbocycles. The topological polar surface area (TPSA) is 68.2 Å². The van der Waals surface area contributed by atoms with Gasteiger partial charge in [0.05, 0.1) is 20.1 Å². The van der Waals surface area contributed by atoms with Crippen LogP contribution in [0.1, 0.15) is 30.0 Å². The van der Waals surface area contributed by atoms with Gasteiger partial charge in [0.1, 0.15) is 23.9 Å². The molecule has 0 saturated carbocycles. The van der Waals surface area contributed by atoms with Crippen molar-refractivity contribution in [2.45, 2.75) is 26.4 Å². The number of likely N-dealkylation sites (tertiary alicyclic amines) is 1. The van der Waals surface area contributed by atoms with E-state index in [2.05, 4.69) is 24.0 Å². The summed E-state index contributed by atoms with van der Waals surface area (Å²) in [6.45, 7) is 4.77. The van der Waals surface area contributed by atoms with Gasteiger partial charge in [-0.25, -0.2) is 0 Å². The summed E-state index contributed by atoms with van der Waals surface area (Å²) in [7, 11) is 3.28. The van der Waals surface area contributed by atoms with Gasteiger partial charge in [0, 0.05) is 31.3 Å². The Labute approximate surface area is 183 Å². The molecule has 0 bridgehead atoms. The summed E-state index contributed by atoms with van der Waals surface area (Å²) in [4.78, 5) is 13.2. The van der Waals surface area contributed by atoms with Gasteiger partial charge in [-0.1, -0.05) is 11.6 Å². The second-order valence-electron chi connectivity index (χ2n) is 8.24. The minimum Gasteiger partial charge on any atom is -0.497 e. The van der Waals surface area contributed by atoms with E-state index in [9.17, 15) is 4.79 Å². The van der Waals surface area contributed by atoms with Crippen LogP contribution in [0.5, 0.6) is 17.2 Å². The average Bonchev–Trinajstić information content (AvgIpc) is 2.75. The fourth-order valence-corrected chi connectivity index (χ4v) is 4.35. The Kier molecular flexibility index (Phi) is 6.18. The first kappa shape index (κ1) is 21.2. The molecule has 0 radical (unpaired) electrons. The van der Waals surface area contributed by atoms with Gasteiger partial charge in [0.25, 0.3) is 0 Å². The minimum atomic E-state index is -0.685. The maximum absolute atomic E-state index is 11.0. The molecule has 1 aliphatic heterocycles. The monoisotopic (exact) mass is 423 g/mol. The Hall–Kier alpha value is -2.99. The van der Waals surface area contributed by atoms with Crippen molar-refractivity contribution in [2.24, 2.45) is 5.92 Å². The molecule has 1 fully saturated rings. The van der Waals surface area contributed by atoms with Crippen LogP contribution in [0.4, 0.5) is 0 Å². The lowest BCUT2D eigenvalue weighted by Crippen LogP contribution is -2.50. The number of nitrogens with zero attached hydrogens (tertiary/aromatic N) is 1. The van der Waals surface area contributed by atoms with Crippen molar-refractivity contribution in [1.82, 2.24) is 4.90 Å². The summed E-state index contributed by atoms with van der Waals surface area (Å²) in [5.74, 6) is 1.46. The molecule has 2 aliphatic rings. The number of benzene rings is 2. The summed E-state index contributed by atoms with van der Waals surface area (Å²) in [6, 6.07) is 12.0. The fourth-order valence-electron chi connectivity index (χ4n) is 4.35. The summed E-state index contributed by atoms with van der Waals surface area (Å²) >= 11 is 0. The third kappa shape index (κ3) is 4.54. The number of allylic oxidation sites excluding steroid dienone is 1. The van der Waals surface area contributed by atoms with Crippen molar-refractivity contribution < 1.29 is 24.1 Å². The van der Waals surface area contributed by atoms with E-state index in [0.717, 1.165) is 42.2 Å². The fraction of sp³-hybridized carbons (Fsp3) is 0.400. The number of rotatable bonds is 8. The van der Waals surface area contributed by atoms with Gasteiger partial charge in [-0.2, -0.15) is 0 Å². The van der Waals surface area contributed by atoms with E-state index in [1.165, 1.54) is 22.3 Å². The number of carboxylic acid groups (broad SMARTS) is 1. The zero-order chi connectivity index (χ0) is 22.0. The van der Waals surface area contributed by atoms with Crippen LogP contribution in [-0.2, 0) is 17.8 Å². The van der Waals surface area contributed by atoms with Crippen molar-refractivity contribution in [3.8, 4) is 17.2 Å². The quantitative estimate of drug-likeness (QED) is 0.692. The van der Waals surface area contributed by atoms with Crippen molar-refractivity contribution in [1.29, 1.82) is 0 Å². The second-order valence-corrected chi connectivity index (χ2v) is 8.24. The molecule has 4 rings (SSSR count). The van der Waals surface area contributed by atoms with Gasteiger partial charge < -0.3 is 19.3 Å². The predicted octanol–water partition coefficient (Wildman–Crippen LogP) is 4.02. The van der Waals surface area contributed by atoms with E-state index >= 15 is 0 Å². The maximum Gasteiger partial charge on any atom is 0.309 e. The van der Waals surface area contributed by atoms with Gasteiger partial charge in [-0.3, -0.25) is 9.69 Å². The SMILES string of the molecule is COc1ccc(COc2ccc3c(c2)CCC(CN2CC(C(=O)O)C2)=C3C)c(OC)c1. The predicted molar refractivity (Wildman–Crippen MR) is 119 cm³/mol. The van der Waals surface area contributed by atoms with Crippen LogP contribution in [-0.4, -0.2) is 49.8 Å². The molecule has 0 spiro atoms. The highest BCUT2D eigenvalue weighted by atomic mass is 16.5. The zero-order valence-electron chi connectivity index (χ0n) is 18.3. The van der Waals surface area contributed by atoms with Crippen LogP contribution < -0.4 is 14.2 Å². The number of ether oxygens (including phenoxy) is 3. The van der Waals surface area contributed by atoms with Gasteiger partial charge in [0.15, 0.2) is 0 Å². The molecule has 1 heterocycles. The molecule has 1 aliphatic carbocycles. The molecule has 0 unspecified atom stereocenters. The Morgan fingerprint density at radius 3 is 2.55 bits per heavy atom. The Balaban J connectivity index is 1.42. The molecule has 0 aromatic heterocycles. The van der Waals surface area contributed by atoms with Gasteiger partial charge in [0.2, 0.25) is 0 Å². The Morgan fingerprint density at radius 2 is 1.84 bits per heavy atom. The lowest BCUT2D eigenvalue weighted by molar-refractivity contribution is -0.147. The van der Waals surface area contributed by atoms with Gasteiger partial charge in [-0.15, -0.1) is 0 Å². The molecule has 1 saturated heterocycles. The zero-order valence-corrected chi connectivity index (χ0v) is 18.3. The van der Waals surface area contributed by atoms with E-state index in [4.69, 9.17) is 19.3 Å². The van der Waals surface area contributed by atoms with Crippen molar-refractivity contribution in [3.05, 3.63) is 58.7 Å². The number of hydrogen-bond donors (Lipinski definition) is 1. The average molecular weight is 424 g/mol. The van der Waals surface area contributed by atoms with Crippen molar-refractivity contribution in [3.63, 3.8) is 0 Å². The molecule has 1 N–H and O–H groups in total. The largest absolute Gasteiger partial charge is 0.497 e. The third-order valence-corrected chi connectivity index (χ3v) is 6.32. The summed E-state index contributed by atoms with van der Waals surface area (Å²) in [5, 5.41) is 9.07. The number of methoxy groups -OCH3 is 2. The first-order valence-electron chi connectivity index (χ1n) is 10.6. The van der Waals surface area contributed by atoms with Crippen LogP contribution in [0.2, 0.25) is 0 Å². The summed E-state index contributed by atoms with van der Waals surface area (Å²) in [6.07, 6.45) is 1.98. The smallest absolute Gasteiger partial charge is 0.309 e. The summed E-state index contributed by atoms with van der Waals surface area (Å²) in [5.41, 5.74) is 6.25. The molecule has 2 aromatic rings. The first-order valence-corrected chi connectivity index (χ1v) is 10.6. The summed E-state index contributed by atoms with van der Waals surface area (Å²) < 4.78 is 16.8. The molecule has 0 amide bonds. The lowest BCUT2D eigenvalue weighted by Gasteiger charge is -2.38. The van der Waals surface area contributed by atoms with Crippen molar-refractivity contribution in [2.75, 3.05) is 33.9 Å². The second kappa shape index (κ2) is 9.02. The number of carboxylic acids is 1. The van der Waals surface area contributed by atoms with E-state index in [1.54, 1.807) is 14.2 Å². The van der Waals surface area contributed by atoms with Crippen molar-refractivity contribution >= 4 is 11.5 Å². The first-order chi connectivity index (χ1) is 15.0. The van der Waals surface area contributed by atoms with E-state index < -0.39 is 5.97 Å². The van der Waals surface area contributed by atoms with Crippen LogP contribution >= 0.6 is 0 Å². The highest BCUT2D eigenvalue weighted by Crippen LogP contribution is 2.35. The molecule has 31 heavy (non-hydrogen) atoms. The maximum atomic E-state index is 11.0. The van der Waals surface area contributed by atoms with Gasteiger partial charge in [-0.05, 0) is 60.7 Å². The van der Waals surface area contributed by atoms with E-state index in [1.807, 2.05) is 24.3 Å². The van der Waals surface area contributed by atoms with E-state index in [0.29, 0.717) is 19.7 Å². The number of aryl methyl sites for hydroxylation is 1. The molecule has 6 nitrogen and oxygen atoms in total. The highest BCUT2D eigenvalue weighted by molar-refractivity contribution is 5.73. The molecular formula is C25H29NO5. The molecule has 6 heteroatoms. The van der Waals surface area contributed by atoms with Crippen LogP contribution in [0.25, 0.3) is 5.57 Å². The number of hydrogen-bond acceptors (Lipinski definition) is 5. The number of aliphatic carboxylic acids is 1.